The van der Waals surface area contributed by atoms with Crippen LogP contribution in [0.1, 0.15) is 11.7 Å². The number of anilines is 1. The van der Waals surface area contributed by atoms with Crippen LogP contribution in [0, 0.1) is 0 Å². The van der Waals surface area contributed by atoms with Gasteiger partial charge < -0.3 is 5.32 Å². The predicted octanol–water partition coefficient (Wildman–Crippen LogP) is 0.570. The van der Waals surface area contributed by atoms with E-state index in [0.29, 0.717) is 0 Å². The molecule has 1 aromatic rings. The number of carbonyl (C=O) groups excluding carboxylic acids is 1. The van der Waals surface area contributed by atoms with Gasteiger partial charge in [0.15, 0.2) is 6.10 Å². The van der Waals surface area contributed by atoms with Crippen molar-refractivity contribution in [2.24, 2.45) is 5.90 Å². The molecular formula is C8H8N2O2. The van der Waals surface area contributed by atoms with Gasteiger partial charge in [-0.2, -0.15) is 0 Å². The number of fused-ring (bicyclic) bond motifs is 1. The highest BCUT2D eigenvalue weighted by Crippen LogP contribution is 2.31. The van der Waals surface area contributed by atoms with E-state index < -0.39 is 6.10 Å². The van der Waals surface area contributed by atoms with Gasteiger partial charge in [0.2, 0.25) is 0 Å². The summed E-state index contributed by atoms with van der Waals surface area (Å²) in [4.78, 5) is 15.7. The quantitative estimate of drug-likeness (QED) is 0.596. The Labute approximate surface area is 69.3 Å². The summed E-state index contributed by atoms with van der Waals surface area (Å²) >= 11 is 0. The summed E-state index contributed by atoms with van der Waals surface area (Å²) in [5, 5.41) is 2.65. The Hall–Kier alpha value is -1.39. The molecule has 1 aromatic carbocycles. The van der Waals surface area contributed by atoms with Crippen molar-refractivity contribution in [2.45, 2.75) is 6.10 Å². The minimum absolute atomic E-state index is 0.210. The molecule has 12 heavy (non-hydrogen) atoms. The van der Waals surface area contributed by atoms with Crippen LogP contribution in [0.2, 0.25) is 0 Å². The van der Waals surface area contributed by atoms with E-state index >= 15 is 0 Å². The number of nitrogens with two attached hydrogens (primary N) is 1. The molecule has 1 aliphatic heterocycles. The van der Waals surface area contributed by atoms with Crippen LogP contribution in [-0.2, 0) is 9.63 Å². The Kier molecular flexibility index (Phi) is 1.56. The zero-order valence-corrected chi connectivity index (χ0v) is 6.28. The van der Waals surface area contributed by atoms with Gasteiger partial charge in [-0.25, -0.2) is 5.90 Å². The van der Waals surface area contributed by atoms with Crippen LogP contribution >= 0.6 is 0 Å². The molecule has 3 N–H and O–H groups in total. The highest BCUT2D eigenvalue weighted by molar-refractivity contribution is 6.01. The molecule has 0 saturated carbocycles. The second-order valence-corrected chi connectivity index (χ2v) is 2.59. The summed E-state index contributed by atoms with van der Waals surface area (Å²) in [5.74, 6) is 4.77. The van der Waals surface area contributed by atoms with Crippen LogP contribution in [0.3, 0.4) is 0 Å². The van der Waals surface area contributed by atoms with Gasteiger partial charge in [-0.05, 0) is 6.07 Å². The predicted molar refractivity (Wildman–Crippen MR) is 43.1 cm³/mol. The van der Waals surface area contributed by atoms with E-state index in [2.05, 4.69) is 10.2 Å². The Balaban J connectivity index is 2.47. The van der Waals surface area contributed by atoms with Crippen molar-refractivity contribution < 1.29 is 9.63 Å². The minimum atomic E-state index is -0.652. The van der Waals surface area contributed by atoms with Gasteiger partial charge in [-0.1, -0.05) is 18.2 Å². The molecule has 0 spiro atoms. The number of rotatable bonds is 1. The number of hydrogen-bond acceptors (Lipinski definition) is 3. The summed E-state index contributed by atoms with van der Waals surface area (Å²) in [5.41, 5.74) is 1.57. The van der Waals surface area contributed by atoms with Crippen LogP contribution in [0.25, 0.3) is 0 Å². The van der Waals surface area contributed by atoms with E-state index in [1.54, 1.807) is 0 Å². The van der Waals surface area contributed by atoms with E-state index in [9.17, 15) is 4.79 Å². The molecule has 2 rings (SSSR count). The highest BCUT2D eigenvalue weighted by atomic mass is 16.6. The third-order valence-corrected chi connectivity index (χ3v) is 1.88. The number of amides is 1. The highest BCUT2D eigenvalue weighted by Gasteiger charge is 2.30. The maximum absolute atomic E-state index is 11.1. The van der Waals surface area contributed by atoms with E-state index in [1.807, 2.05) is 24.3 Å². The maximum Gasteiger partial charge on any atom is 0.260 e. The molecule has 0 bridgehead atoms. The third kappa shape index (κ3) is 0.895. The van der Waals surface area contributed by atoms with Crippen molar-refractivity contribution >= 4 is 11.6 Å². The number of para-hydroxylation sites is 1. The van der Waals surface area contributed by atoms with E-state index in [4.69, 9.17) is 5.90 Å². The molecule has 1 heterocycles. The fourth-order valence-electron chi connectivity index (χ4n) is 1.31. The van der Waals surface area contributed by atoms with Crippen LogP contribution in [0.5, 0.6) is 0 Å². The number of hydrogen-bond donors (Lipinski definition) is 2. The normalized spacial score (nSPS) is 20.4. The largest absolute Gasteiger partial charge is 0.323 e. The molecule has 1 unspecified atom stereocenters. The van der Waals surface area contributed by atoms with Crippen LogP contribution in [0.4, 0.5) is 5.69 Å². The molecule has 4 heteroatoms. The van der Waals surface area contributed by atoms with Crippen molar-refractivity contribution in [1.82, 2.24) is 0 Å². The molecule has 0 fully saturated rings. The summed E-state index contributed by atoms with van der Waals surface area (Å²) in [7, 11) is 0. The maximum atomic E-state index is 11.1. The van der Waals surface area contributed by atoms with Gasteiger partial charge in [0.05, 0.1) is 0 Å². The van der Waals surface area contributed by atoms with Gasteiger partial charge in [0.25, 0.3) is 5.91 Å². The molecule has 0 radical (unpaired) electrons. The molecular weight excluding hydrogens is 156 g/mol. The molecule has 4 nitrogen and oxygen atoms in total. The number of carbonyl (C=O) groups is 1. The van der Waals surface area contributed by atoms with E-state index in [-0.39, 0.29) is 5.91 Å². The molecule has 0 aliphatic carbocycles. The summed E-state index contributed by atoms with van der Waals surface area (Å²) in [6.07, 6.45) is -0.652. The van der Waals surface area contributed by atoms with Crippen molar-refractivity contribution in [1.29, 1.82) is 0 Å². The van der Waals surface area contributed by atoms with Crippen LogP contribution in [0.15, 0.2) is 24.3 Å². The van der Waals surface area contributed by atoms with Crippen molar-refractivity contribution in [3.05, 3.63) is 29.8 Å². The van der Waals surface area contributed by atoms with Gasteiger partial charge in [-0.3, -0.25) is 9.63 Å². The first kappa shape index (κ1) is 7.27. The molecule has 0 aromatic heterocycles. The minimum Gasteiger partial charge on any atom is -0.323 e. The van der Waals surface area contributed by atoms with Crippen LogP contribution < -0.4 is 11.2 Å². The molecule has 0 saturated heterocycles. The lowest BCUT2D eigenvalue weighted by Crippen LogP contribution is -2.17. The Morgan fingerprint density at radius 2 is 2.17 bits per heavy atom. The van der Waals surface area contributed by atoms with Crippen molar-refractivity contribution in [3.63, 3.8) is 0 Å². The van der Waals surface area contributed by atoms with Gasteiger partial charge in [0.1, 0.15) is 0 Å². The summed E-state index contributed by atoms with van der Waals surface area (Å²) in [6.45, 7) is 0. The second-order valence-electron chi connectivity index (χ2n) is 2.59. The molecule has 1 amide bonds. The number of benzene rings is 1. The second kappa shape index (κ2) is 2.58. The zero-order valence-electron chi connectivity index (χ0n) is 6.28. The Morgan fingerprint density at radius 3 is 2.92 bits per heavy atom. The first-order chi connectivity index (χ1) is 5.83. The molecule has 62 valence electrons. The topological polar surface area (TPSA) is 64.3 Å². The summed E-state index contributed by atoms with van der Waals surface area (Å²) in [6, 6.07) is 7.31. The lowest BCUT2D eigenvalue weighted by atomic mass is 10.1. The monoisotopic (exact) mass is 164 g/mol. The van der Waals surface area contributed by atoms with E-state index in [1.165, 1.54) is 0 Å². The van der Waals surface area contributed by atoms with Gasteiger partial charge in [0, 0.05) is 11.3 Å². The first-order valence-corrected chi connectivity index (χ1v) is 3.58. The zero-order chi connectivity index (χ0) is 8.55. The van der Waals surface area contributed by atoms with E-state index in [0.717, 1.165) is 11.3 Å². The van der Waals surface area contributed by atoms with Gasteiger partial charge in [-0.15, -0.1) is 0 Å². The fraction of sp³-hybridized carbons (Fsp3) is 0.125. The Bertz CT molecular complexity index is 325. The van der Waals surface area contributed by atoms with Crippen molar-refractivity contribution in [2.75, 3.05) is 5.32 Å². The fourth-order valence-corrected chi connectivity index (χ4v) is 1.31. The van der Waals surface area contributed by atoms with Crippen molar-refractivity contribution in [3.8, 4) is 0 Å². The lowest BCUT2D eigenvalue weighted by Gasteiger charge is -2.03. The standard InChI is InChI=1S/C8H8N2O2/c9-12-7-5-3-1-2-4-6(5)10-8(7)11/h1-4,7H,9H2,(H,10,11). The summed E-state index contributed by atoms with van der Waals surface area (Å²) < 4.78 is 0. The average Bonchev–Trinajstić information content (AvgIpc) is 2.40. The molecule has 1 atom stereocenters. The van der Waals surface area contributed by atoms with Gasteiger partial charge >= 0.3 is 0 Å². The Morgan fingerprint density at radius 1 is 1.42 bits per heavy atom. The average molecular weight is 164 g/mol. The number of nitrogens with one attached hydrogen (secondary N) is 1. The molecule has 1 aliphatic rings. The first-order valence-electron chi connectivity index (χ1n) is 3.58. The lowest BCUT2D eigenvalue weighted by molar-refractivity contribution is -0.127. The smallest absolute Gasteiger partial charge is 0.260 e. The SMILES string of the molecule is NOC1C(=O)Nc2ccccc21. The van der Waals surface area contributed by atoms with Crippen LogP contribution in [-0.4, -0.2) is 5.91 Å². The third-order valence-electron chi connectivity index (χ3n) is 1.88.